The number of ether oxygens (including phenoxy) is 1. The molecule has 3 heteroatoms. The fourth-order valence-electron chi connectivity index (χ4n) is 1.76. The Labute approximate surface area is 116 Å². The number of rotatable bonds is 9. The fourth-order valence-corrected chi connectivity index (χ4v) is 1.76. The molecule has 1 rings (SSSR count). The highest BCUT2D eigenvalue weighted by Crippen LogP contribution is 2.21. The first-order valence-corrected chi connectivity index (χ1v) is 6.94. The van der Waals surface area contributed by atoms with Crippen molar-refractivity contribution in [2.45, 2.75) is 33.1 Å². The largest absolute Gasteiger partial charge is 0.492 e. The van der Waals surface area contributed by atoms with Gasteiger partial charge in [0.25, 0.3) is 0 Å². The van der Waals surface area contributed by atoms with Gasteiger partial charge in [0, 0.05) is 6.54 Å². The molecule has 0 aliphatic rings. The van der Waals surface area contributed by atoms with Gasteiger partial charge in [-0.15, -0.1) is 0 Å². The Morgan fingerprint density at radius 2 is 1.89 bits per heavy atom. The van der Waals surface area contributed by atoms with Crippen LogP contribution in [0.15, 0.2) is 30.3 Å². The topological polar surface area (TPSA) is 45.0 Å². The summed E-state index contributed by atoms with van der Waals surface area (Å²) in [6, 6.07) is 12.2. The molecule has 0 aliphatic heterocycles. The van der Waals surface area contributed by atoms with E-state index in [1.807, 2.05) is 44.2 Å². The molecule has 1 N–H and O–H groups in total. The van der Waals surface area contributed by atoms with Crippen molar-refractivity contribution in [1.29, 1.82) is 5.26 Å². The van der Waals surface area contributed by atoms with Crippen LogP contribution in [0.1, 0.15) is 33.1 Å². The Kier molecular flexibility index (Phi) is 6.99. The first-order valence-electron chi connectivity index (χ1n) is 6.94. The number of nitrogens with one attached hydrogen (secondary N) is 1. The van der Waals surface area contributed by atoms with Crippen molar-refractivity contribution >= 4 is 0 Å². The highest BCUT2D eigenvalue weighted by atomic mass is 16.5. The van der Waals surface area contributed by atoms with Crippen molar-refractivity contribution in [3.63, 3.8) is 0 Å². The molecule has 1 aromatic rings. The summed E-state index contributed by atoms with van der Waals surface area (Å²) >= 11 is 0. The lowest BCUT2D eigenvalue weighted by Crippen LogP contribution is -2.22. The second-order valence-electron chi connectivity index (χ2n) is 5.36. The maximum Gasteiger partial charge on any atom is 0.119 e. The summed E-state index contributed by atoms with van der Waals surface area (Å²) in [5.74, 6) is 0.917. The van der Waals surface area contributed by atoms with Crippen LogP contribution in [-0.4, -0.2) is 19.7 Å². The second kappa shape index (κ2) is 8.55. The van der Waals surface area contributed by atoms with Gasteiger partial charge in [0.15, 0.2) is 0 Å². The van der Waals surface area contributed by atoms with E-state index in [0.717, 1.165) is 38.1 Å². The zero-order valence-corrected chi connectivity index (χ0v) is 12.0. The Bertz CT molecular complexity index is 381. The summed E-state index contributed by atoms with van der Waals surface area (Å²) in [7, 11) is 0. The van der Waals surface area contributed by atoms with Crippen LogP contribution < -0.4 is 10.1 Å². The van der Waals surface area contributed by atoms with E-state index in [4.69, 9.17) is 10.00 Å². The number of hydrogen-bond acceptors (Lipinski definition) is 3. The molecule has 0 saturated heterocycles. The molecule has 1 aromatic carbocycles. The molecule has 0 heterocycles. The fraction of sp³-hybridized carbons (Fsp3) is 0.562. The minimum Gasteiger partial charge on any atom is -0.492 e. The minimum absolute atomic E-state index is 0.184. The average Bonchev–Trinajstić information content (AvgIpc) is 2.43. The quantitative estimate of drug-likeness (QED) is 0.692. The predicted octanol–water partition coefficient (Wildman–Crippen LogP) is 3.38. The third kappa shape index (κ3) is 7.48. The van der Waals surface area contributed by atoms with Gasteiger partial charge in [0.05, 0.1) is 11.5 Å². The zero-order chi connectivity index (χ0) is 14.0. The van der Waals surface area contributed by atoms with Crippen molar-refractivity contribution < 1.29 is 4.74 Å². The van der Waals surface area contributed by atoms with E-state index in [2.05, 4.69) is 11.4 Å². The number of hydrogen-bond donors (Lipinski definition) is 1. The van der Waals surface area contributed by atoms with Crippen LogP contribution >= 0.6 is 0 Å². The molecule has 0 amide bonds. The SMILES string of the molecule is CC(C)(C#N)CCCCNCCOc1ccccc1. The second-order valence-corrected chi connectivity index (χ2v) is 5.36. The van der Waals surface area contributed by atoms with E-state index >= 15 is 0 Å². The van der Waals surface area contributed by atoms with Crippen LogP contribution in [0.5, 0.6) is 5.75 Å². The summed E-state index contributed by atoms with van der Waals surface area (Å²) in [5, 5.41) is 12.2. The van der Waals surface area contributed by atoms with Crippen molar-refractivity contribution in [2.24, 2.45) is 5.41 Å². The maximum atomic E-state index is 8.89. The van der Waals surface area contributed by atoms with E-state index in [1.54, 1.807) is 0 Å². The zero-order valence-electron chi connectivity index (χ0n) is 12.0. The van der Waals surface area contributed by atoms with Crippen molar-refractivity contribution in [2.75, 3.05) is 19.7 Å². The van der Waals surface area contributed by atoms with Gasteiger partial charge < -0.3 is 10.1 Å². The van der Waals surface area contributed by atoms with Gasteiger partial charge in [-0.1, -0.05) is 24.6 Å². The summed E-state index contributed by atoms with van der Waals surface area (Å²) in [6.45, 7) is 6.52. The number of unbranched alkanes of at least 4 members (excludes halogenated alkanes) is 1. The first-order chi connectivity index (χ1) is 9.14. The highest BCUT2D eigenvalue weighted by Gasteiger charge is 2.14. The van der Waals surface area contributed by atoms with Crippen LogP contribution in [0.2, 0.25) is 0 Å². The first kappa shape index (κ1) is 15.5. The van der Waals surface area contributed by atoms with Gasteiger partial charge in [0.1, 0.15) is 12.4 Å². The molecule has 0 radical (unpaired) electrons. The lowest BCUT2D eigenvalue weighted by Gasteiger charge is -2.14. The molecular weight excluding hydrogens is 236 g/mol. The monoisotopic (exact) mass is 260 g/mol. The van der Waals surface area contributed by atoms with E-state index in [0.29, 0.717) is 6.61 Å². The third-order valence-corrected chi connectivity index (χ3v) is 3.00. The van der Waals surface area contributed by atoms with Crippen molar-refractivity contribution in [1.82, 2.24) is 5.32 Å². The molecular formula is C16H24N2O. The van der Waals surface area contributed by atoms with Gasteiger partial charge in [-0.25, -0.2) is 0 Å². The Morgan fingerprint density at radius 1 is 1.16 bits per heavy atom. The van der Waals surface area contributed by atoms with Gasteiger partial charge in [-0.2, -0.15) is 5.26 Å². The van der Waals surface area contributed by atoms with E-state index in [-0.39, 0.29) is 5.41 Å². The molecule has 0 spiro atoms. The Hall–Kier alpha value is -1.53. The third-order valence-electron chi connectivity index (χ3n) is 3.00. The van der Waals surface area contributed by atoms with Crippen LogP contribution in [-0.2, 0) is 0 Å². The van der Waals surface area contributed by atoms with Crippen molar-refractivity contribution in [3.05, 3.63) is 30.3 Å². The number of para-hydroxylation sites is 1. The normalized spacial score (nSPS) is 11.0. The summed E-state index contributed by atoms with van der Waals surface area (Å²) < 4.78 is 5.58. The lowest BCUT2D eigenvalue weighted by atomic mass is 9.89. The van der Waals surface area contributed by atoms with Crippen molar-refractivity contribution in [3.8, 4) is 11.8 Å². The van der Waals surface area contributed by atoms with E-state index in [9.17, 15) is 0 Å². The summed E-state index contributed by atoms with van der Waals surface area (Å²) in [6.07, 6.45) is 3.16. The number of nitriles is 1. The molecule has 0 atom stereocenters. The average molecular weight is 260 g/mol. The molecule has 0 aliphatic carbocycles. The Balaban J connectivity index is 1.94. The standard InChI is InChI=1S/C16H24N2O/c1-16(2,14-17)10-6-7-11-18-12-13-19-15-8-4-3-5-9-15/h3-5,8-9,18H,6-7,10-13H2,1-2H3. The summed E-state index contributed by atoms with van der Waals surface area (Å²) in [5.41, 5.74) is -0.184. The molecule has 0 unspecified atom stereocenters. The van der Waals surface area contributed by atoms with Gasteiger partial charge in [-0.05, 0) is 45.4 Å². The van der Waals surface area contributed by atoms with Gasteiger partial charge in [-0.3, -0.25) is 0 Å². The molecule has 0 fully saturated rings. The van der Waals surface area contributed by atoms with Crippen LogP contribution in [0.4, 0.5) is 0 Å². The molecule has 0 bridgehead atoms. The smallest absolute Gasteiger partial charge is 0.119 e. The molecule has 3 nitrogen and oxygen atoms in total. The highest BCUT2D eigenvalue weighted by molar-refractivity contribution is 5.20. The van der Waals surface area contributed by atoms with E-state index in [1.165, 1.54) is 0 Å². The molecule has 0 aromatic heterocycles. The minimum atomic E-state index is -0.184. The van der Waals surface area contributed by atoms with Gasteiger partial charge in [0.2, 0.25) is 0 Å². The van der Waals surface area contributed by atoms with Crippen LogP contribution in [0.3, 0.4) is 0 Å². The summed E-state index contributed by atoms with van der Waals surface area (Å²) in [4.78, 5) is 0. The molecule has 104 valence electrons. The Morgan fingerprint density at radius 3 is 2.58 bits per heavy atom. The van der Waals surface area contributed by atoms with Crippen LogP contribution in [0, 0.1) is 16.7 Å². The van der Waals surface area contributed by atoms with E-state index < -0.39 is 0 Å². The number of nitrogens with zero attached hydrogens (tertiary/aromatic N) is 1. The predicted molar refractivity (Wildman–Crippen MR) is 78.1 cm³/mol. The maximum absolute atomic E-state index is 8.89. The number of benzene rings is 1. The van der Waals surface area contributed by atoms with Crippen LogP contribution in [0.25, 0.3) is 0 Å². The lowest BCUT2D eigenvalue weighted by molar-refractivity contribution is 0.312. The molecule has 19 heavy (non-hydrogen) atoms. The van der Waals surface area contributed by atoms with Gasteiger partial charge >= 0.3 is 0 Å². The molecule has 0 saturated carbocycles.